The molecular formula is C25H28N2O4. The van der Waals surface area contributed by atoms with Gasteiger partial charge in [-0.3, -0.25) is 19.3 Å². The lowest BCUT2D eigenvalue weighted by Crippen LogP contribution is -2.33. The summed E-state index contributed by atoms with van der Waals surface area (Å²) in [5.41, 5.74) is 2.88. The van der Waals surface area contributed by atoms with E-state index < -0.39 is 0 Å². The van der Waals surface area contributed by atoms with Gasteiger partial charge in [-0.15, -0.1) is 0 Å². The number of rotatable bonds is 8. The molecule has 0 fully saturated rings. The minimum Gasteiger partial charge on any atom is -0.490 e. The van der Waals surface area contributed by atoms with Crippen LogP contribution in [0.15, 0.2) is 42.5 Å². The van der Waals surface area contributed by atoms with Crippen molar-refractivity contribution >= 4 is 23.4 Å². The van der Waals surface area contributed by atoms with Gasteiger partial charge in [0.2, 0.25) is 5.91 Å². The van der Waals surface area contributed by atoms with E-state index in [4.69, 9.17) is 4.74 Å². The molecule has 0 atom stereocenters. The van der Waals surface area contributed by atoms with Crippen molar-refractivity contribution in [3.05, 3.63) is 59.2 Å². The van der Waals surface area contributed by atoms with E-state index in [1.807, 2.05) is 18.2 Å². The maximum atomic E-state index is 12.9. The SMILES string of the molecule is CCC(CC)Oc1cccc2c1CCN2C(=O)CCCN1C(=O)c2ccccc2C1=O. The van der Waals surface area contributed by atoms with Gasteiger partial charge in [0.25, 0.3) is 11.8 Å². The van der Waals surface area contributed by atoms with E-state index in [2.05, 4.69) is 13.8 Å². The van der Waals surface area contributed by atoms with Crippen molar-refractivity contribution in [3.63, 3.8) is 0 Å². The van der Waals surface area contributed by atoms with Gasteiger partial charge in [0, 0.05) is 25.1 Å². The minimum atomic E-state index is -0.275. The van der Waals surface area contributed by atoms with Gasteiger partial charge in [0.15, 0.2) is 0 Å². The molecule has 0 saturated carbocycles. The first-order valence-corrected chi connectivity index (χ1v) is 11.1. The Morgan fingerprint density at radius 3 is 2.32 bits per heavy atom. The van der Waals surface area contributed by atoms with E-state index in [1.54, 1.807) is 29.2 Å². The highest BCUT2D eigenvalue weighted by Gasteiger charge is 2.35. The molecule has 2 aromatic carbocycles. The molecule has 0 bridgehead atoms. The predicted molar refractivity (Wildman–Crippen MR) is 119 cm³/mol. The Labute approximate surface area is 182 Å². The Hall–Kier alpha value is -3.15. The van der Waals surface area contributed by atoms with Gasteiger partial charge in [-0.2, -0.15) is 0 Å². The lowest BCUT2D eigenvalue weighted by atomic mass is 10.1. The standard InChI is InChI=1S/C25H28N2O4/c1-3-17(4-2)31-22-12-7-11-21-20(22)14-16-26(21)23(28)13-8-15-27-24(29)18-9-5-6-10-19(18)25(27)30/h5-7,9-12,17H,3-4,8,13-16H2,1-2H3. The van der Waals surface area contributed by atoms with Gasteiger partial charge in [-0.1, -0.05) is 32.0 Å². The van der Waals surface area contributed by atoms with E-state index in [9.17, 15) is 14.4 Å². The lowest BCUT2D eigenvalue weighted by Gasteiger charge is -2.20. The van der Waals surface area contributed by atoms with Crippen LogP contribution in [0.1, 0.15) is 65.8 Å². The fourth-order valence-electron chi connectivity index (χ4n) is 4.37. The van der Waals surface area contributed by atoms with E-state index in [0.29, 0.717) is 24.1 Å². The second kappa shape index (κ2) is 8.92. The van der Waals surface area contributed by atoms with Crippen molar-refractivity contribution in [3.8, 4) is 5.75 Å². The molecule has 6 heteroatoms. The van der Waals surface area contributed by atoms with Crippen LogP contribution in [-0.2, 0) is 11.2 Å². The largest absolute Gasteiger partial charge is 0.490 e. The smallest absolute Gasteiger partial charge is 0.261 e. The van der Waals surface area contributed by atoms with E-state index in [1.165, 1.54) is 4.90 Å². The Morgan fingerprint density at radius 2 is 1.68 bits per heavy atom. The van der Waals surface area contributed by atoms with Gasteiger partial charge < -0.3 is 9.64 Å². The van der Waals surface area contributed by atoms with Crippen LogP contribution < -0.4 is 9.64 Å². The summed E-state index contributed by atoms with van der Waals surface area (Å²) < 4.78 is 6.17. The third kappa shape index (κ3) is 3.94. The molecule has 0 unspecified atom stereocenters. The fourth-order valence-corrected chi connectivity index (χ4v) is 4.37. The molecule has 2 aliphatic heterocycles. The Morgan fingerprint density at radius 1 is 1.00 bits per heavy atom. The molecule has 3 amide bonds. The summed E-state index contributed by atoms with van der Waals surface area (Å²) in [6.45, 7) is 5.10. The highest BCUT2D eigenvalue weighted by molar-refractivity contribution is 6.21. The number of carbonyl (C=O) groups is 3. The first-order chi connectivity index (χ1) is 15.0. The molecule has 4 rings (SSSR count). The van der Waals surface area contributed by atoms with Crippen LogP contribution >= 0.6 is 0 Å². The van der Waals surface area contributed by atoms with Gasteiger partial charge in [0.05, 0.1) is 22.9 Å². The Kier molecular flexibility index (Phi) is 6.07. The molecule has 2 aliphatic rings. The highest BCUT2D eigenvalue weighted by atomic mass is 16.5. The number of hydrogen-bond acceptors (Lipinski definition) is 4. The number of imide groups is 1. The van der Waals surface area contributed by atoms with Gasteiger partial charge in [-0.05, 0) is 49.9 Å². The number of benzene rings is 2. The van der Waals surface area contributed by atoms with Crippen LogP contribution in [0.2, 0.25) is 0 Å². The first kappa shape index (κ1) is 21.1. The van der Waals surface area contributed by atoms with Crippen LogP contribution in [0, 0.1) is 0 Å². The molecular weight excluding hydrogens is 392 g/mol. The van der Waals surface area contributed by atoms with Gasteiger partial charge in [-0.25, -0.2) is 0 Å². The van der Waals surface area contributed by atoms with Crippen molar-refractivity contribution in [1.82, 2.24) is 4.90 Å². The van der Waals surface area contributed by atoms with Crippen molar-refractivity contribution in [2.24, 2.45) is 0 Å². The molecule has 2 heterocycles. The molecule has 0 N–H and O–H groups in total. The average Bonchev–Trinajstić information content (AvgIpc) is 3.33. The number of nitrogens with zero attached hydrogens (tertiary/aromatic N) is 2. The Bertz CT molecular complexity index is 977. The van der Waals surface area contributed by atoms with Crippen molar-refractivity contribution < 1.29 is 19.1 Å². The highest BCUT2D eigenvalue weighted by Crippen LogP contribution is 2.36. The topological polar surface area (TPSA) is 66.9 Å². The first-order valence-electron chi connectivity index (χ1n) is 11.1. The monoisotopic (exact) mass is 420 g/mol. The van der Waals surface area contributed by atoms with Crippen molar-refractivity contribution in [1.29, 1.82) is 0 Å². The number of ether oxygens (including phenoxy) is 1. The molecule has 6 nitrogen and oxygen atoms in total. The zero-order valence-corrected chi connectivity index (χ0v) is 18.1. The Balaban J connectivity index is 1.37. The fraction of sp³-hybridized carbons (Fsp3) is 0.400. The molecule has 0 spiro atoms. The van der Waals surface area contributed by atoms with E-state index in [-0.39, 0.29) is 36.8 Å². The molecule has 0 aromatic heterocycles. The van der Waals surface area contributed by atoms with Crippen molar-refractivity contribution in [2.75, 3.05) is 18.0 Å². The average molecular weight is 421 g/mol. The van der Waals surface area contributed by atoms with Crippen molar-refractivity contribution in [2.45, 2.75) is 52.1 Å². The maximum absolute atomic E-state index is 12.9. The van der Waals surface area contributed by atoms with Crippen LogP contribution in [0.3, 0.4) is 0 Å². The third-order valence-electron chi connectivity index (χ3n) is 6.14. The van der Waals surface area contributed by atoms with E-state index >= 15 is 0 Å². The number of amides is 3. The number of anilines is 1. The zero-order valence-electron chi connectivity index (χ0n) is 18.1. The number of fused-ring (bicyclic) bond motifs is 2. The van der Waals surface area contributed by atoms with E-state index in [0.717, 1.165) is 36.3 Å². The van der Waals surface area contributed by atoms with Crippen LogP contribution in [0.4, 0.5) is 5.69 Å². The van der Waals surface area contributed by atoms with Crippen LogP contribution in [-0.4, -0.2) is 41.8 Å². The predicted octanol–water partition coefficient (Wildman–Crippen LogP) is 4.22. The van der Waals surface area contributed by atoms with Gasteiger partial charge in [0.1, 0.15) is 5.75 Å². The summed E-state index contributed by atoms with van der Waals surface area (Å²) in [4.78, 5) is 40.9. The van der Waals surface area contributed by atoms with Gasteiger partial charge >= 0.3 is 0 Å². The third-order valence-corrected chi connectivity index (χ3v) is 6.14. The number of carbonyl (C=O) groups excluding carboxylic acids is 3. The van der Waals surface area contributed by atoms with Crippen LogP contribution in [0.5, 0.6) is 5.75 Å². The quantitative estimate of drug-likeness (QED) is 0.600. The second-order valence-corrected chi connectivity index (χ2v) is 8.02. The van der Waals surface area contributed by atoms with Crippen LogP contribution in [0.25, 0.3) is 0 Å². The molecule has 162 valence electrons. The summed E-state index contributed by atoms with van der Waals surface area (Å²) in [5.74, 6) is 0.327. The summed E-state index contributed by atoms with van der Waals surface area (Å²) in [6.07, 6.45) is 3.57. The summed E-state index contributed by atoms with van der Waals surface area (Å²) >= 11 is 0. The molecule has 31 heavy (non-hydrogen) atoms. The second-order valence-electron chi connectivity index (χ2n) is 8.02. The maximum Gasteiger partial charge on any atom is 0.261 e. The minimum absolute atomic E-state index is 0.00930. The molecule has 0 aliphatic carbocycles. The molecule has 2 aromatic rings. The molecule has 0 radical (unpaired) electrons. The molecule has 0 saturated heterocycles. The summed E-state index contributed by atoms with van der Waals surface area (Å²) in [6, 6.07) is 12.7. The zero-order chi connectivity index (χ0) is 22.0. The number of hydrogen-bond donors (Lipinski definition) is 0. The summed E-state index contributed by atoms with van der Waals surface area (Å²) in [7, 11) is 0. The normalized spacial score (nSPS) is 14.9. The lowest BCUT2D eigenvalue weighted by molar-refractivity contribution is -0.118. The summed E-state index contributed by atoms with van der Waals surface area (Å²) in [5, 5.41) is 0.